The van der Waals surface area contributed by atoms with Crippen molar-refractivity contribution in [3.63, 3.8) is 0 Å². The van der Waals surface area contributed by atoms with Crippen LogP contribution in [0, 0.1) is 5.92 Å². The van der Waals surface area contributed by atoms with Crippen LogP contribution in [-0.4, -0.2) is 23.4 Å². The second-order valence-corrected chi connectivity index (χ2v) is 4.63. The van der Waals surface area contributed by atoms with E-state index in [1.807, 2.05) is 0 Å². The molecule has 0 saturated carbocycles. The first kappa shape index (κ1) is 14.3. The Morgan fingerprint density at radius 1 is 1.41 bits per heavy atom. The summed E-state index contributed by atoms with van der Waals surface area (Å²) in [6.45, 7) is 3.76. The Morgan fingerprint density at radius 2 is 2.18 bits per heavy atom. The zero-order valence-corrected chi connectivity index (χ0v) is 10.9. The van der Waals surface area contributed by atoms with Gasteiger partial charge in [0.25, 0.3) is 0 Å². The van der Waals surface area contributed by atoms with E-state index in [0.717, 1.165) is 24.9 Å². The second-order valence-electron chi connectivity index (χ2n) is 4.19. The molecule has 0 heterocycles. The van der Waals surface area contributed by atoms with Crippen molar-refractivity contribution in [2.75, 3.05) is 13.2 Å². The van der Waals surface area contributed by atoms with Gasteiger partial charge in [0, 0.05) is 23.7 Å². The smallest absolute Gasteiger partial charge is 0.120 e. The summed E-state index contributed by atoms with van der Waals surface area (Å²) < 4.78 is 0. The topological polar surface area (TPSA) is 52.5 Å². The maximum Gasteiger partial charge on any atom is 0.120 e. The molecular formula is C13H20ClNO2. The van der Waals surface area contributed by atoms with Gasteiger partial charge < -0.3 is 15.5 Å². The molecule has 1 atom stereocenters. The molecule has 1 aromatic carbocycles. The molecule has 1 aromatic rings. The minimum atomic E-state index is 0.225. The van der Waals surface area contributed by atoms with Crippen molar-refractivity contribution in [1.29, 1.82) is 0 Å². The lowest BCUT2D eigenvalue weighted by Gasteiger charge is -2.14. The van der Waals surface area contributed by atoms with Gasteiger partial charge in [-0.15, -0.1) is 0 Å². The fourth-order valence-electron chi connectivity index (χ4n) is 1.74. The number of hydrogen-bond acceptors (Lipinski definition) is 3. The summed E-state index contributed by atoms with van der Waals surface area (Å²) in [6.07, 6.45) is 1.85. The summed E-state index contributed by atoms with van der Waals surface area (Å²) in [5.41, 5.74) is 0.802. The third-order valence-electron chi connectivity index (χ3n) is 2.90. The Morgan fingerprint density at radius 3 is 2.82 bits per heavy atom. The third kappa shape index (κ3) is 4.94. The maximum absolute atomic E-state index is 9.62. The van der Waals surface area contributed by atoms with Gasteiger partial charge in [-0.25, -0.2) is 0 Å². The predicted molar refractivity (Wildman–Crippen MR) is 70.3 cm³/mol. The van der Waals surface area contributed by atoms with Crippen molar-refractivity contribution >= 4 is 11.6 Å². The van der Waals surface area contributed by atoms with E-state index in [2.05, 4.69) is 12.2 Å². The van der Waals surface area contributed by atoms with Gasteiger partial charge in [0.15, 0.2) is 0 Å². The fourth-order valence-corrected chi connectivity index (χ4v) is 1.93. The molecule has 0 saturated heterocycles. The molecule has 0 spiro atoms. The lowest BCUT2D eigenvalue weighted by molar-refractivity contribution is 0.251. The van der Waals surface area contributed by atoms with Crippen LogP contribution in [-0.2, 0) is 6.54 Å². The van der Waals surface area contributed by atoms with E-state index in [4.69, 9.17) is 16.7 Å². The van der Waals surface area contributed by atoms with Gasteiger partial charge in [-0.05, 0) is 37.1 Å². The van der Waals surface area contributed by atoms with E-state index < -0.39 is 0 Å². The van der Waals surface area contributed by atoms with E-state index in [1.54, 1.807) is 18.2 Å². The largest absolute Gasteiger partial charge is 0.508 e. The van der Waals surface area contributed by atoms with Crippen LogP contribution in [0.5, 0.6) is 5.75 Å². The molecule has 0 aliphatic carbocycles. The first-order chi connectivity index (χ1) is 8.17. The van der Waals surface area contributed by atoms with Crippen LogP contribution in [0.1, 0.15) is 25.3 Å². The van der Waals surface area contributed by atoms with Crippen molar-refractivity contribution in [3.8, 4) is 5.75 Å². The molecule has 17 heavy (non-hydrogen) atoms. The van der Waals surface area contributed by atoms with Crippen LogP contribution < -0.4 is 5.32 Å². The highest BCUT2D eigenvalue weighted by Gasteiger charge is 2.06. The Labute approximate surface area is 107 Å². The molecular weight excluding hydrogens is 238 g/mol. The molecule has 0 bridgehead atoms. The Hall–Kier alpha value is -0.770. The molecule has 0 aliphatic heterocycles. The molecule has 0 aliphatic rings. The first-order valence-electron chi connectivity index (χ1n) is 5.96. The number of aromatic hydroxyl groups is 1. The van der Waals surface area contributed by atoms with Crippen molar-refractivity contribution in [3.05, 3.63) is 28.8 Å². The monoisotopic (exact) mass is 257 g/mol. The quantitative estimate of drug-likeness (QED) is 0.704. The predicted octanol–water partition coefficient (Wildman–Crippen LogP) is 2.54. The SMILES string of the molecule is CCC(CCO)CNCc1cc(Cl)ccc1O. The Bertz CT molecular complexity index is 344. The number of hydrogen-bond donors (Lipinski definition) is 3. The van der Waals surface area contributed by atoms with Gasteiger partial charge >= 0.3 is 0 Å². The third-order valence-corrected chi connectivity index (χ3v) is 3.14. The van der Waals surface area contributed by atoms with E-state index in [9.17, 15) is 5.11 Å². The Kier molecular flexibility index (Phi) is 6.34. The number of phenols is 1. The van der Waals surface area contributed by atoms with Crippen molar-refractivity contribution in [1.82, 2.24) is 5.32 Å². The minimum Gasteiger partial charge on any atom is -0.508 e. The highest BCUT2D eigenvalue weighted by Crippen LogP contribution is 2.21. The van der Waals surface area contributed by atoms with Crippen molar-refractivity contribution < 1.29 is 10.2 Å². The molecule has 0 fully saturated rings. The first-order valence-corrected chi connectivity index (χ1v) is 6.34. The Balaban J connectivity index is 2.42. The molecule has 1 unspecified atom stereocenters. The summed E-state index contributed by atoms with van der Waals surface area (Å²) >= 11 is 5.86. The number of phenolic OH excluding ortho intramolecular Hbond substituents is 1. The van der Waals surface area contributed by atoms with E-state index in [1.165, 1.54) is 0 Å². The average Bonchev–Trinajstić information content (AvgIpc) is 2.32. The van der Waals surface area contributed by atoms with Crippen LogP contribution in [0.4, 0.5) is 0 Å². The average molecular weight is 258 g/mol. The number of benzene rings is 1. The highest BCUT2D eigenvalue weighted by molar-refractivity contribution is 6.30. The normalized spacial score (nSPS) is 12.6. The number of aliphatic hydroxyl groups is 1. The van der Waals surface area contributed by atoms with Gasteiger partial charge in [-0.1, -0.05) is 24.9 Å². The van der Waals surface area contributed by atoms with Gasteiger partial charge in [0.05, 0.1) is 0 Å². The molecule has 96 valence electrons. The molecule has 1 rings (SSSR count). The lowest BCUT2D eigenvalue weighted by atomic mass is 10.0. The molecule has 0 amide bonds. The minimum absolute atomic E-state index is 0.225. The van der Waals surface area contributed by atoms with Crippen LogP contribution in [0.2, 0.25) is 5.02 Å². The molecule has 3 N–H and O–H groups in total. The fraction of sp³-hybridized carbons (Fsp3) is 0.538. The summed E-state index contributed by atoms with van der Waals surface area (Å²) in [7, 11) is 0. The summed E-state index contributed by atoms with van der Waals surface area (Å²) in [5, 5.41) is 22.4. The van der Waals surface area contributed by atoms with Crippen LogP contribution in [0.3, 0.4) is 0 Å². The van der Waals surface area contributed by atoms with Gasteiger partial charge in [-0.2, -0.15) is 0 Å². The van der Waals surface area contributed by atoms with Gasteiger partial charge in [-0.3, -0.25) is 0 Å². The van der Waals surface area contributed by atoms with E-state index in [-0.39, 0.29) is 12.4 Å². The number of aliphatic hydroxyl groups excluding tert-OH is 1. The van der Waals surface area contributed by atoms with Gasteiger partial charge in [0.2, 0.25) is 0 Å². The molecule has 4 heteroatoms. The number of halogens is 1. The van der Waals surface area contributed by atoms with E-state index >= 15 is 0 Å². The number of rotatable bonds is 7. The zero-order valence-electron chi connectivity index (χ0n) is 10.1. The van der Waals surface area contributed by atoms with Crippen molar-refractivity contribution in [2.45, 2.75) is 26.3 Å². The highest BCUT2D eigenvalue weighted by atomic mass is 35.5. The summed E-state index contributed by atoms with van der Waals surface area (Å²) in [6, 6.07) is 5.03. The van der Waals surface area contributed by atoms with Crippen LogP contribution >= 0.6 is 11.6 Å². The lowest BCUT2D eigenvalue weighted by Crippen LogP contribution is -2.22. The molecule has 0 radical (unpaired) electrons. The maximum atomic E-state index is 9.62. The zero-order chi connectivity index (χ0) is 12.7. The van der Waals surface area contributed by atoms with Crippen LogP contribution in [0.15, 0.2) is 18.2 Å². The van der Waals surface area contributed by atoms with Gasteiger partial charge in [0.1, 0.15) is 5.75 Å². The van der Waals surface area contributed by atoms with Crippen molar-refractivity contribution in [2.24, 2.45) is 5.92 Å². The van der Waals surface area contributed by atoms with E-state index in [0.29, 0.717) is 17.5 Å². The molecule has 0 aromatic heterocycles. The standard InChI is InChI=1S/C13H20ClNO2/c1-2-10(5-6-16)8-15-9-11-7-12(14)3-4-13(11)17/h3-4,7,10,15-17H,2,5-6,8-9H2,1H3. The summed E-state index contributed by atoms with van der Waals surface area (Å²) in [5.74, 6) is 0.735. The second kappa shape index (κ2) is 7.54. The molecule has 3 nitrogen and oxygen atoms in total. The summed E-state index contributed by atoms with van der Waals surface area (Å²) in [4.78, 5) is 0. The van der Waals surface area contributed by atoms with Crippen LogP contribution in [0.25, 0.3) is 0 Å². The number of nitrogens with one attached hydrogen (secondary N) is 1.